The predicted molar refractivity (Wildman–Crippen MR) is 97.3 cm³/mol. The van der Waals surface area contributed by atoms with Gasteiger partial charge in [-0.1, -0.05) is 6.92 Å². The van der Waals surface area contributed by atoms with Gasteiger partial charge in [0.25, 0.3) is 0 Å². The fraction of sp³-hybridized carbons (Fsp3) is 0.833. The third kappa shape index (κ3) is 4.69. The van der Waals surface area contributed by atoms with E-state index in [1.165, 1.54) is 6.92 Å². The van der Waals surface area contributed by atoms with E-state index < -0.39 is 11.4 Å². The Labute approximate surface area is 156 Å². The highest BCUT2D eigenvalue weighted by Crippen LogP contribution is 2.28. The molecule has 2 aliphatic rings. The third-order valence-corrected chi connectivity index (χ3v) is 4.65. The van der Waals surface area contributed by atoms with Crippen LogP contribution in [-0.2, 0) is 19.1 Å². The van der Waals surface area contributed by atoms with Crippen molar-refractivity contribution in [2.45, 2.75) is 85.3 Å². The molecule has 8 nitrogen and oxygen atoms in total. The van der Waals surface area contributed by atoms with Crippen molar-refractivity contribution in [1.82, 2.24) is 9.80 Å². The summed E-state index contributed by atoms with van der Waals surface area (Å²) >= 11 is 0. The molecule has 26 heavy (non-hydrogen) atoms. The highest BCUT2D eigenvalue weighted by atomic mass is 16.5. The number of amides is 2. The second-order valence-electron chi connectivity index (χ2n) is 7.69. The quantitative estimate of drug-likeness (QED) is 0.423. The van der Waals surface area contributed by atoms with E-state index in [2.05, 4.69) is 4.79 Å². The Morgan fingerprint density at radius 2 is 1.46 bits per heavy atom. The molecule has 0 bridgehead atoms. The zero-order chi connectivity index (χ0) is 20.3. The van der Waals surface area contributed by atoms with Gasteiger partial charge in [0, 0.05) is 13.3 Å². The van der Waals surface area contributed by atoms with Crippen LogP contribution in [0.4, 0.5) is 0 Å². The lowest BCUT2D eigenvalue weighted by molar-refractivity contribution is -0.145. The van der Waals surface area contributed by atoms with Gasteiger partial charge >= 0.3 is 11.6 Å². The SMILES string of the molecule is CC(=[N+]=[N-])C(=O)N1[C@@H](C)COC1(C)C.CCC(=O)N1[C@@H](C)COC1(C)C. The largest absolute Gasteiger partial charge is 0.361 e. The molecule has 2 amide bonds. The van der Waals surface area contributed by atoms with Crippen LogP contribution in [0.5, 0.6) is 0 Å². The van der Waals surface area contributed by atoms with Gasteiger partial charge in [-0.15, -0.1) is 0 Å². The molecular formula is C18H32N4O4. The maximum Gasteiger partial charge on any atom is 0.353 e. The maximum atomic E-state index is 11.8. The van der Waals surface area contributed by atoms with Crippen molar-refractivity contribution in [1.29, 1.82) is 0 Å². The lowest BCUT2D eigenvalue weighted by atomic mass is 10.2. The Morgan fingerprint density at radius 1 is 1.04 bits per heavy atom. The molecule has 2 heterocycles. The number of ether oxygens (including phenoxy) is 2. The molecule has 0 aromatic rings. The summed E-state index contributed by atoms with van der Waals surface area (Å²) in [7, 11) is 0. The van der Waals surface area contributed by atoms with Gasteiger partial charge < -0.3 is 19.9 Å². The molecule has 2 aliphatic heterocycles. The maximum absolute atomic E-state index is 11.8. The smallest absolute Gasteiger partial charge is 0.353 e. The molecule has 0 radical (unpaired) electrons. The molecular weight excluding hydrogens is 336 g/mol. The van der Waals surface area contributed by atoms with E-state index in [9.17, 15) is 9.59 Å². The fourth-order valence-corrected chi connectivity index (χ4v) is 3.38. The molecule has 2 saturated heterocycles. The molecule has 0 aliphatic carbocycles. The van der Waals surface area contributed by atoms with Gasteiger partial charge in [0.05, 0.1) is 25.3 Å². The lowest BCUT2D eigenvalue weighted by Gasteiger charge is -2.32. The minimum Gasteiger partial charge on any atom is -0.361 e. The number of rotatable bonds is 2. The Bertz CT molecular complexity index is 596. The Balaban J connectivity index is 0.000000263. The molecule has 0 N–H and O–H groups in total. The van der Waals surface area contributed by atoms with Gasteiger partial charge in [-0.05, 0) is 41.5 Å². The first-order valence-corrected chi connectivity index (χ1v) is 9.01. The normalized spacial score (nSPS) is 26.0. The zero-order valence-electron chi connectivity index (χ0n) is 17.2. The van der Waals surface area contributed by atoms with Gasteiger partial charge in [0.2, 0.25) is 5.91 Å². The van der Waals surface area contributed by atoms with Gasteiger partial charge in [-0.25, -0.2) is 0 Å². The van der Waals surface area contributed by atoms with Gasteiger partial charge in [0.1, 0.15) is 11.4 Å². The molecule has 2 fully saturated rings. The summed E-state index contributed by atoms with van der Waals surface area (Å²) in [6, 6.07) is 0.224. The summed E-state index contributed by atoms with van der Waals surface area (Å²) in [5, 5.41) is 0. The van der Waals surface area contributed by atoms with E-state index in [0.29, 0.717) is 19.6 Å². The minimum absolute atomic E-state index is 0.00852. The average molecular weight is 368 g/mol. The van der Waals surface area contributed by atoms with Crippen molar-refractivity contribution in [2.24, 2.45) is 0 Å². The van der Waals surface area contributed by atoms with E-state index >= 15 is 0 Å². The van der Waals surface area contributed by atoms with Crippen molar-refractivity contribution in [2.75, 3.05) is 13.2 Å². The summed E-state index contributed by atoms with van der Waals surface area (Å²) < 4.78 is 10.9. The van der Waals surface area contributed by atoms with Crippen LogP contribution in [0.15, 0.2) is 0 Å². The Hall–Kier alpha value is -1.76. The first-order chi connectivity index (χ1) is 11.9. The summed E-state index contributed by atoms with van der Waals surface area (Å²) in [6.45, 7) is 15.9. The second-order valence-corrected chi connectivity index (χ2v) is 7.69. The molecule has 0 aromatic carbocycles. The van der Waals surface area contributed by atoms with Crippen molar-refractivity contribution < 1.29 is 23.9 Å². The summed E-state index contributed by atoms with van der Waals surface area (Å²) in [4.78, 5) is 29.6. The van der Waals surface area contributed by atoms with Gasteiger partial charge in [0.15, 0.2) is 0 Å². The summed E-state index contributed by atoms with van der Waals surface area (Å²) in [5.74, 6) is -0.118. The lowest BCUT2D eigenvalue weighted by Crippen LogP contribution is -2.49. The number of nitrogens with zero attached hydrogens (tertiary/aromatic N) is 4. The van der Waals surface area contributed by atoms with Crippen LogP contribution in [0.2, 0.25) is 0 Å². The van der Waals surface area contributed by atoms with E-state index in [1.807, 2.05) is 53.4 Å². The number of carbonyl (C=O) groups is 2. The standard InChI is InChI=1S/C9H15N3O2.C9H17NO2/c1-6-5-14-9(3,4)12(6)8(13)7(2)11-10;1-5-8(11)10-7(2)6-12-9(10,3)4/h6H,5H2,1-4H3;7H,5-6H2,1-4H3/t6-;7-/m00/s1. The first kappa shape index (κ1) is 22.3. The average Bonchev–Trinajstić information content (AvgIpc) is 3.00. The van der Waals surface area contributed by atoms with Crippen LogP contribution in [-0.4, -0.2) is 68.9 Å². The minimum atomic E-state index is -0.623. The van der Waals surface area contributed by atoms with Crippen LogP contribution < -0.4 is 0 Å². The van der Waals surface area contributed by atoms with Crippen molar-refractivity contribution in [3.8, 4) is 0 Å². The Morgan fingerprint density at radius 3 is 1.77 bits per heavy atom. The first-order valence-electron chi connectivity index (χ1n) is 9.01. The van der Waals surface area contributed by atoms with E-state index in [1.54, 1.807) is 4.90 Å². The zero-order valence-corrected chi connectivity index (χ0v) is 17.2. The van der Waals surface area contributed by atoms with Crippen molar-refractivity contribution in [3.05, 3.63) is 5.53 Å². The second kappa shape index (κ2) is 8.29. The van der Waals surface area contributed by atoms with Crippen molar-refractivity contribution >= 4 is 17.5 Å². The molecule has 8 heteroatoms. The molecule has 0 aromatic heterocycles. The topological polar surface area (TPSA) is 95.5 Å². The monoisotopic (exact) mass is 368 g/mol. The highest BCUT2D eigenvalue weighted by Gasteiger charge is 2.44. The Kier molecular flexibility index (Phi) is 7.10. The highest BCUT2D eigenvalue weighted by molar-refractivity contribution is 6.35. The fourth-order valence-electron chi connectivity index (χ4n) is 3.38. The van der Waals surface area contributed by atoms with E-state index in [-0.39, 0.29) is 29.6 Å². The van der Waals surface area contributed by atoms with Crippen LogP contribution in [0.1, 0.15) is 61.8 Å². The molecule has 2 rings (SSSR count). The van der Waals surface area contributed by atoms with Crippen LogP contribution >= 0.6 is 0 Å². The van der Waals surface area contributed by atoms with Crippen LogP contribution in [0.3, 0.4) is 0 Å². The summed E-state index contributed by atoms with van der Waals surface area (Å²) in [6.07, 6.45) is 0.553. The number of hydrogen-bond acceptors (Lipinski definition) is 4. The summed E-state index contributed by atoms with van der Waals surface area (Å²) in [5.41, 5.74) is 7.57. The van der Waals surface area contributed by atoms with Gasteiger partial charge in [-0.3, -0.25) is 14.5 Å². The molecule has 148 valence electrons. The van der Waals surface area contributed by atoms with E-state index in [4.69, 9.17) is 15.0 Å². The molecule has 0 spiro atoms. The van der Waals surface area contributed by atoms with Gasteiger partial charge in [-0.2, -0.15) is 4.79 Å². The van der Waals surface area contributed by atoms with Crippen LogP contribution in [0.25, 0.3) is 5.53 Å². The molecule has 0 unspecified atom stereocenters. The predicted octanol–water partition coefficient (Wildman–Crippen LogP) is 2.04. The van der Waals surface area contributed by atoms with E-state index in [0.717, 1.165) is 0 Å². The molecule has 2 atom stereocenters. The number of carbonyl (C=O) groups excluding carboxylic acids is 2. The molecule has 0 saturated carbocycles. The van der Waals surface area contributed by atoms with Crippen LogP contribution in [0, 0.1) is 0 Å². The third-order valence-electron chi connectivity index (χ3n) is 4.65. The number of hydrogen-bond donors (Lipinski definition) is 0. The van der Waals surface area contributed by atoms with Crippen molar-refractivity contribution in [3.63, 3.8) is 0 Å².